The third kappa shape index (κ3) is 4.33. The highest BCUT2D eigenvalue weighted by atomic mass is 35.5. The van der Waals surface area contributed by atoms with Crippen molar-refractivity contribution in [3.63, 3.8) is 0 Å². The van der Waals surface area contributed by atoms with Crippen LogP contribution in [-0.4, -0.2) is 30.1 Å². The van der Waals surface area contributed by atoms with Crippen LogP contribution in [0.3, 0.4) is 0 Å². The van der Waals surface area contributed by atoms with Gasteiger partial charge < -0.3 is 10.6 Å². The van der Waals surface area contributed by atoms with Crippen LogP contribution >= 0.6 is 23.2 Å². The average molecular weight is 369 g/mol. The molecule has 1 aromatic rings. The fourth-order valence-electron chi connectivity index (χ4n) is 1.85. The van der Waals surface area contributed by atoms with Gasteiger partial charge in [-0.15, -0.1) is 0 Å². The Kier molecular flexibility index (Phi) is 5.58. The highest BCUT2D eigenvalue weighted by Crippen LogP contribution is 2.31. The third-order valence-electron chi connectivity index (χ3n) is 2.99. The quantitative estimate of drug-likeness (QED) is 0.794. The minimum absolute atomic E-state index is 0.0942. The molecule has 7 nitrogen and oxygen atoms in total. The van der Waals surface area contributed by atoms with Gasteiger partial charge in [0.2, 0.25) is 11.8 Å². The van der Waals surface area contributed by atoms with Gasteiger partial charge in [0.1, 0.15) is 5.84 Å². The van der Waals surface area contributed by atoms with Crippen molar-refractivity contribution in [1.29, 1.82) is 0 Å². The number of anilines is 1. The van der Waals surface area contributed by atoms with Crippen molar-refractivity contribution in [2.75, 3.05) is 11.6 Å². The predicted octanol–water partition coefficient (Wildman–Crippen LogP) is 1.85. The molecule has 2 rings (SSSR count). The maximum Gasteiger partial charge on any atom is 0.255 e. The molecule has 0 spiro atoms. The van der Waals surface area contributed by atoms with Crippen LogP contribution in [0, 0.1) is 0 Å². The first-order valence-corrected chi connectivity index (χ1v) is 7.62. The second-order valence-electron chi connectivity index (χ2n) is 5.04. The first-order valence-electron chi connectivity index (χ1n) is 6.87. The van der Waals surface area contributed by atoms with E-state index in [-0.39, 0.29) is 30.3 Å². The molecule has 24 heavy (non-hydrogen) atoms. The van der Waals surface area contributed by atoms with Crippen molar-refractivity contribution in [3.05, 3.63) is 40.4 Å². The average Bonchev–Trinajstić information content (AvgIpc) is 2.87. The monoisotopic (exact) mass is 368 g/mol. The van der Waals surface area contributed by atoms with Crippen LogP contribution in [0.2, 0.25) is 10.0 Å². The van der Waals surface area contributed by atoms with Gasteiger partial charge in [0.25, 0.3) is 5.91 Å². The van der Waals surface area contributed by atoms with Crippen LogP contribution in [0.25, 0.3) is 0 Å². The molecule has 0 saturated heterocycles. The van der Waals surface area contributed by atoms with E-state index in [1.54, 1.807) is 12.1 Å². The smallest absolute Gasteiger partial charge is 0.255 e. The Morgan fingerprint density at radius 3 is 2.75 bits per heavy atom. The topological polar surface area (TPSA) is 90.9 Å². The fraction of sp³-hybridized carbons (Fsp3) is 0.200. The molecule has 1 aliphatic heterocycles. The van der Waals surface area contributed by atoms with Gasteiger partial charge >= 0.3 is 0 Å². The van der Waals surface area contributed by atoms with Crippen molar-refractivity contribution in [3.8, 4) is 0 Å². The normalized spacial score (nSPS) is 13.5. The highest BCUT2D eigenvalue weighted by Gasteiger charge is 2.28. The van der Waals surface area contributed by atoms with Crippen molar-refractivity contribution >= 4 is 52.4 Å². The van der Waals surface area contributed by atoms with Gasteiger partial charge in [0.05, 0.1) is 23.7 Å². The van der Waals surface area contributed by atoms with E-state index in [1.807, 2.05) is 0 Å². The molecule has 0 bridgehead atoms. The summed E-state index contributed by atoms with van der Waals surface area (Å²) < 4.78 is 0. The molecule has 0 fully saturated rings. The van der Waals surface area contributed by atoms with Gasteiger partial charge in [0, 0.05) is 10.6 Å². The van der Waals surface area contributed by atoms with Gasteiger partial charge in [-0.25, -0.2) is 0 Å². The summed E-state index contributed by atoms with van der Waals surface area (Å²) in [6.07, 6.45) is -0.0942. The third-order valence-corrected chi connectivity index (χ3v) is 3.55. The molecule has 126 valence electrons. The zero-order valence-corrected chi connectivity index (χ0v) is 14.2. The van der Waals surface area contributed by atoms with E-state index in [9.17, 15) is 14.4 Å². The molecule has 0 atom stereocenters. The molecule has 0 unspecified atom stereocenters. The van der Waals surface area contributed by atoms with Crippen molar-refractivity contribution in [2.45, 2.75) is 13.3 Å². The van der Waals surface area contributed by atoms with Gasteiger partial charge in [-0.3, -0.25) is 14.4 Å². The van der Waals surface area contributed by atoms with E-state index in [1.165, 1.54) is 13.0 Å². The van der Waals surface area contributed by atoms with E-state index >= 15 is 0 Å². The molecule has 9 heteroatoms. The number of carbonyl (C=O) groups is 3. The van der Waals surface area contributed by atoms with Crippen LogP contribution in [-0.2, 0) is 14.4 Å². The maximum atomic E-state index is 12.1. The van der Waals surface area contributed by atoms with E-state index < -0.39 is 11.8 Å². The fourth-order valence-corrected chi connectivity index (χ4v) is 2.22. The van der Waals surface area contributed by atoms with Gasteiger partial charge in [-0.1, -0.05) is 29.8 Å². The molecule has 1 aromatic carbocycles. The molecule has 2 N–H and O–H groups in total. The minimum Gasteiger partial charge on any atom is -0.343 e. The number of hydrogen-bond acceptors (Lipinski definition) is 4. The van der Waals surface area contributed by atoms with E-state index in [0.717, 1.165) is 5.01 Å². The molecule has 1 heterocycles. The van der Waals surface area contributed by atoms with Gasteiger partial charge in [-0.05, 0) is 25.1 Å². The van der Waals surface area contributed by atoms with Gasteiger partial charge in [-0.2, -0.15) is 10.1 Å². The lowest BCUT2D eigenvalue weighted by molar-refractivity contribution is -0.123. The largest absolute Gasteiger partial charge is 0.343 e. The Hall–Kier alpha value is -2.38. The zero-order chi connectivity index (χ0) is 17.9. The molecule has 1 aliphatic rings. The summed E-state index contributed by atoms with van der Waals surface area (Å²) in [5, 5.41) is 10.7. The van der Waals surface area contributed by atoms with Gasteiger partial charge in [0.15, 0.2) is 0 Å². The number of rotatable bonds is 4. The summed E-state index contributed by atoms with van der Waals surface area (Å²) in [6, 6.07) is 4.64. The number of halogens is 2. The Morgan fingerprint density at radius 2 is 2.08 bits per heavy atom. The number of carbonyl (C=O) groups excluding carboxylic acids is 3. The molecule has 0 radical (unpaired) electrons. The molecule has 0 saturated carbocycles. The SMILES string of the molecule is C=C(C)C(=O)NCC(=O)NC1=NN(c2cc(Cl)ccc2Cl)C(=O)C1. The molecular weight excluding hydrogens is 355 g/mol. The molecular formula is C15H14Cl2N4O3. The van der Waals surface area contributed by atoms with Crippen molar-refractivity contribution in [2.24, 2.45) is 5.10 Å². The number of amidine groups is 1. The number of hydrogen-bond donors (Lipinski definition) is 2. The lowest BCUT2D eigenvalue weighted by atomic mass is 10.3. The molecule has 0 aliphatic carbocycles. The van der Waals surface area contributed by atoms with Crippen molar-refractivity contribution in [1.82, 2.24) is 10.6 Å². The first-order chi connectivity index (χ1) is 11.3. The Morgan fingerprint density at radius 1 is 1.38 bits per heavy atom. The summed E-state index contributed by atoms with van der Waals surface area (Å²) in [5.74, 6) is -1.14. The summed E-state index contributed by atoms with van der Waals surface area (Å²) in [7, 11) is 0. The second kappa shape index (κ2) is 7.46. The maximum absolute atomic E-state index is 12.1. The van der Waals surface area contributed by atoms with Crippen LogP contribution in [0.5, 0.6) is 0 Å². The Labute approximate surface area is 148 Å². The number of hydrazone groups is 1. The number of benzene rings is 1. The van der Waals surface area contributed by atoms with E-state index in [2.05, 4.69) is 22.3 Å². The lowest BCUT2D eigenvalue weighted by Gasteiger charge is -2.13. The second-order valence-corrected chi connectivity index (χ2v) is 5.88. The Balaban J connectivity index is 2.04. The summed E-state index contributed by atoms with van der Waals surface area (Å²) >= 11 is 11.9. The van der Waals surface area contributed by atoms with Crippen molar-refractivity contribution < 1.29 is 14.4 Å². The standard InChI is InChI=1S/C15H14Cl2N4O3/c1-8(2)15(24)18-7-13(22)19-12-6-14(23)21(20-12)11-5-9(16)3-4-10(11)17/h3-5H,1,6-7H2,2H3,(H,18,24)(H,19,20,22). The highest BCUT2D eigenvalue weighted by molar-refractivity contribution is 6.36. The van der Waals surface area contributed by atoms with Crippen LogP contribution < -0.4 is 15.6 Å². The van der Waals surface area contributed by atoms with E-state index in [0.29, 0.717) is 15.7 Å². The van der Waals surface area contributed by atoms with Crippen LogP contribution in [0.1, 0.15) is 13.3 Å². The van der Waals surface area contributed by atoms with Crippen LogP contribution in [0.15, 0.2) is 35.5 Å². The number of nitrogens with one attached hydrogen (secondary N) is 2. The first kappa shape index (κ1) is 18.0. The number of nitrogens with zero attached hydrogens (tertiary/aromatic N) is 2. The van der Waals surface area contributed by atoms with E-state index in [4.69, 9.17) is 23.2 Å². The summed E-state index contributed by atoms with van der Waals surface area (Å²) in [4.78, 5) is 35.2. The zero-order valence-electron chi connectivity index (χ0n) is 12.7. The summed E-state index contributed by atoms with van der Waals surface area (Å²) in [5.41, 5.74) is 0.618. The minimum atomic E-state index is -0.504. The predicted molar refractivity (Wildman–Crippen MR) is 92.0 cm³/mol. The number of amides is 3. The summed E-state index contributed by atoms with van der Waals surface area (Å²) in [6.45, 7) is 4.74. The molecule has 0 aromatic heterocycles. The lowest BCUT2D eigenvalue weighted by Crippen LogP contribution is -2.39. The molecule has 3 amide bonds. The Bertz CT molecular complexity index is 761. The van der Waals surface area contributed by atoms with Crippen LogP contribution in [0.4, 0.5) is 5.69 Å².